The van der Waals surface area contributed by atoms with Gasteiger partial charge in [0.2, 0.25) is 5.91 Å². The summed E-state index contributed by atoms with van der Waals surface area (Å²) in [5.41, 5.74) is 0.489. The molecule has 0 aromatic heterocycles. The molecule has 0 spiro atoms. The van der Waals surface area contributed by atoms with Crippen molar-refractivity contribution in [2.45, 2.75) is 12.5 Å². The lowest BCUT2D eigenvalue weighted by Gasteiger charge is -2.15. The summed E-state index contributed by atoms with van der Waals surface area (Å²) in [6.45, 7) is -0.0451. The molecule has 3 N–H and O–H groups in total. The highest BCUT2D eigenvalue weighted by Gasteiger charge is 2.28. The molecule has 7 nitrogen and oxygen atoms in total. The molecule has 126 valence electrons. The number of halogens is 1. The molecule has 1 saturated heterocycles. The molecule has 1 fully saturated rings. The third-order valence-corrected chi connectivity index (χ3v) is 5.11. The number of amides is 1. The van der Waals surface area contributed by atoms with Gasteiger partial charge in [-0.2, -0.15) is 0 Å². The maximum Gasteiger partial charge on any atom is 0.243 e. The number of hydrogen-bond acceptors (Lipinski definition) is 4. The predicted octanol–water partition coefficient (Wildman–Crippen LogP) is 0.116. The second kappa shape index (κ2) is 7.40. The van der Waals surface area contributed by atoms with Crippen LogP contribution in [0, 0.1) is 5.82 Å². The lowest BCUT2D eigenvalue weighted by atomic mass is 10.3. The second-order valence-corrected chi connectivity index (χ2v) is 7.45. The minimum absolute atomic E-state index is 0.0451. The van der Waals surface area contributed by atoms with Gasteiger partial charge in [0.25, 0.3) is 0 Å². The Bertz CT molecular complexity index is 688. The molecule has 0 aliphatic carbocycles. The van der Waals surface area contributed by atoms with Crippen molar-refractivity contribution in [1.82, 2.24) is 10.6 Å². The number of anilines is 1. The number of nitrogens with zero attached hydrogens (tertiary/aromatic N) is 1. The van der Waals surface area contributed by atoms with E-state index in [1.807, 2.05) is 0 Å². The van der Waals surface area contributed by atoms with Gasteiger partial charge in [0.1, 0.15) is 5.82 Å². The highest BCUT2D eigenvalue weighted by atomic mass is 32.2. The van der Waals surface area contributed by atoms with Gasteiger partial charge >= 0.3 is 0 Å². The third-order valence-electron chi connectivity index (χ3n) is 3.34. The van der Waals surface area contributed by atoms with E-state index in [-0.39, 0.29) is 35.8 Å². The van der Waals surface area contributed by atoms with Gasteiger partial charge in [0.15, 0.2) is 15.8 Å². The highest BCUT2D eigenvalue weighted by Crippen LogP contribution is 2.11. The molecule has 1 aromatic rings. The Morgan fingerprint density at radius 1 is 1.35 bits per heavy atom. The number of sulfone groups is 1. The summed E-state index contributed by atoms with van der Waals surface area (Å²) in [7, 11) is -1.44. The van der Waals surface area contributed by atoms with E-state index in [2.05, 4.69) is 20.9 Å². The molecule has 9 heteroatoms. The summed E-state index contributed by atoms with van der Waals surface area (Å²) in [5.74, 6) is -0.112. The van der Waals surface area contributed by atoms with Gasteiger partial charge in [-0.25, -0.2) is 12.8 Å². The maximum atomic E-state index is 12.8. The Labute approximate surface area is 134 Å². The van der Waals surface area contributed by atoms with Crippen LogP contribution in [0.15, 0.2) is 29.3 Å². The number of carbonyl (C=O) groups excluding carboxylic acids is 1. The molecule has 2 rings (SSSR count). The molecule has 1 unspecified atom stereocenters. The minimum Gasteiger partial charge on any atom is -0.353 e. The number of benzene rings is 1. The fraction of sp³-hybridized carbons (Fsp3) is 0.429. The zero-order valence-corrected chi connectivity index (χ0v) is 13.5. The van der Waals surface area contributed by atoms with Crippen LogP contribution in [0.2, 0.25) is 0 Å². The molecular weight excluding hydrogens is 323 g/mol. The average molecular weight is 342 g/mol. The normalized spacial score (nSPS) is 20.1. The van der Waals surface area contributed by atoms with Crippen LogP contribution in [0.25, 0.3) is 0 Å². The van der Waals surface area contributed by atoms with Crippen LogP contribution in [0.4, 0.5) is 10.1 Å². The van der Waals surface area contributed by atoms with Crippen molar-refractivity contribution >= 4 is 27.4 Å². The predicted molar refractivity (Wildman–Crippen MR) is 86.6 cm³/mol. The summed E-state index contributed by atoms with van der Waals surface area (Å²) in [6, 6.07) is 5.23. The largest absolute Gasteiger partial charge is 0.353 e. The van der Waals surface area contributed by atoms with Crippen LogP contribution in [-0.4, -0.2) is 51.4 Å². The summed E-state index contributed by atoms with van der Waals surface area (Å²) < 4.78 is 35.6. The molecular formula is C14H19FN4O3S. The minimum atomic E-state index is -2.98. The topological polar surface area (TPSA) is 99.7 Å². The summed E-state index contributed by atoms with van der Waals surface area (Å²) >= 11 is 0. The molecule has 0 radical (unpaired) electrons. The van der Waals surface area contributed by atoms with E-state index in [0.717, 1.165) is 0 Å². The van der Waals surface area contributed by atoms with Crippen LogP contribution in [0.3, 0.4) is 0 Å². The van der Waals surface area contributed by atoms with Gasteiger partial charge in [-0.15, -0.1) is 0 Å². The monoisotopic (exact) mass is 342 g/mol. The van der Waals surface area contributed by atoms with Gasteiger partial charge in [-0.05, 0) is 30.7 Å². The standard InChI is InChI=1S/C14H19FN4O3S/c1-16-14(19-12-6-7-23(21,22)9-12)17-8-13(20)18-11-4-2-10(15)3-5-11/h2-5,12H,6-9H2,1H3,(H,18,20)(H2,16,17,19). The maximum absolute atomic E-state index is 12.8. The fourth-order valence-corrected chi connectivity index (χ4v) is 3.87. The molecule has 1 aromatic carbocycles. The van der Waals surface area contributed by atoms with E-state index in [1.165, 1.54) is 31.3 Å². The molecule has 23 heavy (non-hydrogen) atoms. The first kappa shape index (κ1) is 17.2. The summed E-state index contributed by atoms with van der Waals surface area (Å²) in [6.07, 6.45) is 0.519. The fourth-order valence-electron chi connectivity index (χ4n) is 2.20. The van der Waals surface area contributed by atoms with Crippen molar-refractivity contribution in [3.05, 3.63) is 30.1 Å². The van der Waals surface area contributed by atoms with Gasteiger partial charge in [-0.3, -0.25) is 9.79 Å². The molecule has 1 aliphatic rings. The molecule has 1 heterocycles. The Morgan fingerprint density at radius 2 is 2.04 bits per heavy atom. The van der Waals surface area contributed by atoms with Gasteiger partial charge < -0.3 is 16.0 Å². The lowest BCUT2D eigenvalue weighted by Crippen LogP contribution is -2.46. The molecule has 0 saturated carbocycles. The quantitative estimate of drug-likeness (QED) is 0.533. The van der Waals surface area contributed by atoms with Crippen LogP contribution >= 0.6 is 0 Å². The van der Waals surface area contributed by atoms with Crippen molar-refractivity contribution in [2.24, 2.45) is 4.99 Å². The second-order valence-electron chi connectivity index (χ2n) is 5.23. The summed E-state index contributed by atoms with van der Waals surface area (Å²) in [4.78, 5) is 15.8. The van der Waals surface area contributed by atoms with Crippen molar-refractivity contribution < 1.29 is 17.6 Å². The number of rotatable bonds is 4. The molecule has 0 bridgehead atoms. The number of hydrogen-bond donors (Lipinski definition) is 3. The highest BCUT2D eigenvalue weighted by molar-refractivity contribution is 7.91. The SMILES string of the molecule is CN=C(NCC(=O)Nc1ccc(F)cc1)NC1CCS(=O)(=O)C1. The first-order valence-electron chi connectivity index (χ1n) is 7.11. The van der Waals surface area contributed by atoms with Crippen LogP contribution in [-0.2, 0) is 14.6 Å². The van der Waals surface area contributed by atoms with E-state index in [1.54, 1.807) is 0 Å². The summed E-state index contributed by atoms with van der Waals surface area (Å²) in [5, 5.41) is 8.40. The number of aliphatic imine (C=N–C) groups is 1. The first-order valence-corrected chi connectivity index (χ1v) is 8.93. The molecule has 1 atom stereocenters. The number of nitrogens with one attached hydrogen (secondary N) is 3. The zero-order chi connectivity index (χ0) is 16.9. The lowest BCUT2D eigenvalue weighted by molar-refractivity contribution is -0.115. The Hall–Kier alpha value is -2.16. The number of carbonyl (C=O) groups is 1. The van der Waals surface area contributed by atoms with Gasteiger partial charge in [0.05, 0.1) is 18.1 Å². The van der Waals surface area contributed by atoms with Crippen LogP contribution in [0.1, 0.15) is 6.42 Å². The first-order chi connectivity index (χ1) is 10.9. The zero-order valence-electron chi connectivity index (χ0n) is 12.7. The van der Waals surface area contributed by atoms with Crippen LogP contribution < -0.4 is 16.0 Å². The van der Waals surface area contributed by atoms with E-state index < -0.39 is 9.84 Å². The Morgan fingerprint density at radius 3 is 2.61 bits per heavy atom. The van der Waals surface area contributed by atoms with Gasteiger partial charge in [-0.1, -0.05) is 0 Å². The van der Waals surface area contributed by atoms with Crippen molar-refractivity contribution in [2.75, 3.05) is 30.4 Å². The molecule has 1 amide bonds. The van der Waals surface area contributed by atoms with Crippen molar-refractivity contribution in [1.29, 1.82) is 0 Å². The average Bonchev–Trinajstić information content (AvgIpc) is 2.85. The van der Waals surface area contributed by atoms with E-state index in [4.69, 9.17) is 0 Å². The van der Waals surface area contributed by atoms with Crippen molar-refractivity contribution in [3.63, 3.8) is 0 Å². The van der Waals surface area contributed by atoms with Gasteiger partial charge in [0, 0.05) is 18.8 Å². The van der Waals surface area contributed by atoms with E-state index >= 15 is 0 Å². The smallest absolute Gasteiger partial charge is 0.243 e. The Kier molecular flexibility index (Phi) is 5.54. The van der Waals surface area contributed by atoms with Crippen molar-refractivity contribution in [3.8, 4) is 0 Å². The van der Waals surface area contributed by atoms with E-state index in [0.29, 0.717) is 18.1 Å². The third kappa shape index (κ3) is 5.51. The Balaban J connectivity index is 1.79. The van der Waals surface area contributed by atoms with E-state index in [9.17, 15) is 17.6 Å². The number of guanidine groups is 1. The van der Waals surface area contributed by atoms with Crippen LogP contribution in [0.5, 0.6) is 0 Å². The molecule has 1 aliphatic heterocycles.